The molecule has 2 aromatic rings. The van der Waals surface area contributed by atoms with Crippen molar-refractivity contribution >= 4 is 38.3 Å². The number of benzene rings is 1. The van der Waals surface area contributed by atoms with Crippen LogP contribution in [0.5, 0.6) is 0 Å². The van der Waals surface area contributed by atoms with Crippen LogP contribution in [0, 0.1) is 0 Å². The molecule has 2 N–H and O–H groups in total. The van der Waals surface area contributed by atoms with Gasteiger partial charge in [-0.25, -0.2) is 4.98 Å². The van der Waals surface area contributed by atoms with Crippen molar-refractivity contribution < 1.29 is 4.79 Å². The molecular weight excluding hydrogens is 326 g/mol. The monoisotopic (exact) mass is 337 g/mol. The number of fused-ring (bicyclic) bond motifs is 1. The Hall–Kier alpha value is -1.24. The first kappa shape index (κ1) is 12.8. The van der Waals surface area contributed by atoms with E-state index in [0.29, 0.717) is 11.6 Å². The third-order valence-corrected chi connectivity index (χ3v) is 4.50. The molecule has 6 heteroatoms. The van der Waals surface area contributed by atoms with Crippen LogP contribution in [0.1, 0.15) is 11.1 Å². The van der Waals surface area contributed by atoms with Crippen molar-refractivity contribution in [2.75, 3.05) is 5.32 Å². The van der Waals surface area contributed by atoms with Crippen LogP contribution in [0.15, 0.2) is 34.2 Å². The first-order chi connectivity index (χ1) is 9.22. The third-order valence-electron chi connectivity index (χ3n) is 3.11. The van der Waals surface area contributed by atoms with Crippen LogP contribution in [0.25, 0.3) is 0 Å². The van der Waals surface area contributed by atoms with Crippen molar-refractivity contribution in [1.82, 2.24) is 10.3 Å². The molecule has 1 aliphatic rings. The second-order valence-corrected chi connectivity index (χ2v) is 6.77. The number of nitrogens with one attached hydrogen (secondary N) is 2. The Kier molecular flexibility index (Phi) is 3.63. The van der Waals surface area contributed by atoms with Gasteiger partial charge in [-0.05, 0) is 33.5 Å². The minimum atomic E-state index is -0.197. The van der Waals surface area contributed by atoms with Gasteiger partial charge in [0, 0.05) is 6.54 Å². The van der Waals surface area contributed by atoms with Gasteiger partial charge in [0.1, 0.15) is 0 Å². The molecule has 0 bridgehead atoms. The molecule has 0 aliphatic carbocycles. The van der Waals surface area contributed by atoms with Crippen molar-refractivity contribution in [3.63, 3.8) is 0 Å². The Morgan fingerprint density at radius 1 is 1.42 bits per heavy atom. The molecule has 1 aromatic carbocycles. The van der Waals surface area contributed by atoms with E-state index in [0.717, 1.165) is 10.3 Å². The highest BCUT2D eigenvalue weighted by Crippen LogP contribution is 2.24. The second-order valence-electron chi connectivity index (χ2n) is 4.37. The number of carbonyl (C=O) groups excluding carboxylic acids is 1. The number of halogens is 1. The fraction of sp³-hybridized carbons (Fsp3) is 0.231. The van der Waals surface area contributed by atoms with Crippen LogP contribution in [0.2, 0.25) is 0 Å². The van der Waals surface area contributed by atoms with Crippen molar-refractivity contribution in [3.05, 3.63) is 45.4 Å². The normalized spacial score (nSPS) is 17.8. The zero-order valence-corrected chi connectivity index (χ0v) is 12.4. The summed E-state index contributed by atoms with van der Waals surface area (Å²) in [6.45, 7) is 0.732. The minimum Gasteiger partial charge on any atom is -0.301 e. The number of anilines is 1. The summed E-state index contributed by atoms with van der Waals surface area (Å²) in [5.74, 6) is -0.0312. The highest BCUT2D eigenvalue weighted by atomic mass is 79.9. The maximum Gasteiger partial charge on any atom is 0.243 e. The SMILES string of the molecule is O=C(Nc1ncc(Br)s1)C1Cc2ccccc2CN1. The van der Waals surface area contributed by atoms with Crippen LogP contribution in [-0.2, 0) is 17.8 Å². The summed E-state index contributed by atoms with van der Waals surface area (Å²) < 4.78 is 0.907. The lowest BCUT2D eigenvalue weighted by Crippen LogP contribution is -2.44. The van der Waals surface area contributed by atoms with E-state index >= 15 is 0 Å². The van der Waals surface area contributed by atoms with Crippen molar-refractivity contribution in [2.45, 2.75) is 19.0 Å². The first-order valence-corrected chi connectivity index (χ1v) is 7.55. The molecule has 0 spiro atoms. The molecule has 1 aliphatic heterocycles. The van der Waals surface area contributed by atoms with Gasteiger partial charge in [-0.1, -0.05) is 35.6 Å². The minimum absolute atomic E-state index is 0.0312. The summed E-state index contributed by atoms with van der Waals surface area (Å²) >= 11 is 4.74. The van der Waals surface area contributed by atoms with Gasteiger partial charge >= 0.3 is 0 Å². The molecule has 19 heavy (non-hydrogen) atoms. The fourth-order valence-corrected chi connectivity index (χ4v) is 3.25. The van der Waals surface area contributed by atoms with Gasteiger partial charge in [-0.15, -0.1) is 0 Å². The number of hydrogen-bond donors (Lipinski definition) is 2. The van der Waals surface area contributed by atoms with E-state index in [9.17, 15) is 4.79 Å². The summed E-state index contributed by atoms with van der Waals surface area (Å²) in [7, 11) is 0. The Labute approximate surface area is 123 Å². The largest absolute Gasteiger partial charge is 0.301 e. The maximum atomic E-state index is 12.2. The van der Waals surface area contributed by atoms with E-state index in [1.165, 1.54) is 22.5 Å². The smallest absolute Gasteiger partial charge is 0.243 e. The van der Waals surface area contributed by atoms with Crippen molar-refractivity contribution in [2.24, 2.45) is 0 Å². The van der Waals surface area contributed by atoms with E-state index in [2.05, 4.69) is 43.7 Å². The number of amides is 1. The maximum absolute atomic E-state index is 12.2. The van der Waals surface area contributed by atoms with Gasteiger partial charge in [0.25, 0.3) is 0 Å². The molecule has 4 nitrogen and oxygen atoms in total. The molecule has 0 fully saturated rings. The third kappa shape index (κ3) is 2.86. The highest BCUT2D eigenvalue weighted by Gasteiger charge is 2.24. The Morgan fingerprint density at radius 3 is 2.95 bits per heavy atom. The number of rotatable bonds is 2. The number of thiazole rings is 1. The summed E-state index contributed by atoms with van der Waals surface area (Å²) in [6.07, 6.45) is 2.40. The fourth-order valence-electron chi connectivity index (χ4n) is 2.14. The molecule has 0 saturated carbocycles. The molecule has 1 atom stereocenters. The number of nitrogens with zero attached hydrogens (tertiary/aromatic N) is 1. The zero-order chi connectivity index (χ0) is 13.2. The first-order valence-electron chi connectivity index (χ1n) is 5.95. The van der Waals surface area contributed by atoms with Gasteiger partial charge in [0.2, 0.25) is 5.91 Å². The van der Waals surface area contributed by atoms with Gasteiger partial charge in [0.05, 0.1) is 16.0 Å². The second kappa shape index (κ2) is 5.40. The van der Waals surface area contributed by atoms with E-state index in [1.54, 1.807) is 6.20 Å². The summed E-state index contributed by atoms with van der Waals surface area (Å²) in [5.41, 5.74) is 2.50. The van der Waals surface area contributed by atoms with E-state index in [-0.39, 0.29) is 11.9 Å². The molecule has 1 aromatic heterocycles. The molecular formula is C13H12BrN3OS. The van der Waals surface area contributed by atoms with Gasteiger partial charge in [-0.2, -0.15) is 0 Å². The van der Waals surface area contributed by atoms with Crippen LogP contribution in [0.4, 0.5) is 5.13 Å². The standard InChI is InChI=1S/C13H12BrN3OS/c14-11-7-16-13(19-11)17-12(18)10-5-8-3-1-2-4-9(8)6-15-10/h1-4,7,10,15H,5-6H2,(H,16,17,18). The van der Waals surface area contributed by atoms with Gasteiger partial charge in [0.15, 0.2) is 5.13 Å². The number of hydrogen-bond acceptors (Lipinski definition) is 4. The van der Waals surface area contributed by atoms with E-state index in [1.807, 2.05) is 12.1 Å². The van der Waals surface area contributed by atoms with Crippen molar-refractivity contribution in [3.8, 4) is 0 Å². The molecule has 3 rings (SSSR count). The van der Waals surface area contributed by atoms with Gasteiger partial charge in [-0.3, -0.25) is 4.79 Å². The quantitative estimate of drug-likeness (QED) is 0.885. The van der Waals surface area contributed by atoms with Crippen LogP contribution in [-0.4, -0.2) is 16.9 Å². The molecule has 1 amide bonds. The average molecular weight is 338 g/mol. The summed E-state index contributed by atoms with van der Waals surface area (Å²) in [5, 5.41) is 6.72. The Morgan fingerprint density at radius 2 is 2.21 bits per heavy atom. The lowest BCUT2D eigenvalue weighted by Gasteiger charge is -2.24. The summed E-state index contributed by atoms with van der Waals surface area (Å²) in [6, 6.07) is 8.01. The Bertz CT molecular complexity index is 613. The molecule has 0 radical (unpaired) electrons. The predicted molar refractivity (Wildman–Crippen MR) is 79.2 cm³/mol. The lowest BCUT2D eigenvalue weighted by atomic mass is 9.95. The number of aromatic nitrogens is 1. The van der Waals surface area contributed by atoms with Gasteiger partial charge < -0.3 is 10.6 Å². The molecule has 2 heterocycles. The topological polar surface area (TPSA) is 54.0 Å². The lowest BCUT2D eigenvalue weighted by molar-refractivity contribution is -0.118. The summed E-state index contributed by atoms with van der Waals surface area (Å²) in [4.78, 5) is 16.3. The zero-order valence-electron chi connectivity index (χ0n) is 10.0. The van der Waals surface area contributed by atoms with E-state index in [4.69, 9.17) is 0 Å². The van der Waals surface area contributed by atoms with Crippen LogP contribution < -0.4 is 10.6 Å². The number of carbonyl (C=O) groups is 1. The van der Waals surface area contributed by atoms with E-state index < -0.39 is 0 Å². The van der Waals surface area contributed by atoms with Crippen molar-refractivity contribution in [1.29, 1.82) is 0 Å². The molecule has 98 valence electrons. The predicted octanol–water partition coefficient (Wildman–Crippen LogP) is 2.56. The average Bonchev–Trinajstić information content (AvgIpc) is 2.83. The Balaban J connectivity index is 1.69. The van der Waals surface area contributed by atoms with Crippen LogP contribution >= 0.6 is 27.3 Å². The molecule has 1 unspecified atom stereocenters. The molecule has 0 saturated heterocycles. The van der Waals surface area contributed by atoms with Crippen LogP contribution in [0.3, 0.4) is 0 Å². The highest BCUT2D eigenvalue weighted by molar-refractivity contribution is 9.11.